The van der Waals surface area contributed by atoms with Crippen molar-refractivity contribution in [1.29, 1.82) is 0 Å². The maximum atomic E-state index is 11.7. The molecule has 0 aliphatic carbocycles. The summed E-state index contributed by atoms with van der Waals surface area (Å²) in [4.78, 5) is 0. The van der Waals surface area contributed by atoms with Gasteiger partial charge in [0, 0.05) is 24.5 Å². The standard InChI is InChI=1S/C8H19BrN2O2S/c1-7(2)11(4)14(12,13)10-8(3)5-6-9/h7-8,10H,5-6H2,1-4H3. The summed E-state index contributed by atoms with van der Waals surface area (Å²) in [5.74, 6) is 0. The quantitative estimate of drug-likeness (QED) is 0.749. The summed E-state index contributed by atoms with van der Waals surface area (Å²) < 4.78 is 27.3. The first-order valence-corrected chi connectivity index (χ1v) is 7.18. The summed E-state index contributed by atoms with van der Waals surface area (Å²) in [6.07, 6.45) is 0.783. The minimum absolute atomic E-state index is 0.0244. The fourth-order valence-electron chi connectivity index (χ4n) is 0.838. The zero-order valence-electron chi connectivity index (χ0n) is 9.12. The average molecular weight is 287 g/mol. The van der Waals surface area contributed by atoms with Gasteiger partial charge >= 0.3 is 0 Å². The van der Waals surface area contributed by atoms with Crippen molar-refractivity contribution < 1.29 is 8.42 Å². The van der Waals surface area contributed by atoms with E-state index < -0.39 is 10.2 Å². The van der Waals surface area contributed by atoms with Gasteiger partial charge in [0.1, 0.15) is 0 Å². The Morgan fingerprint density at radius 2 is 1.86 bits per heavy atom. The Morgan fingerprint density at radius 3 is 2.21 bits per heavy atom. The molecule has 0 saturated carbocycles. The number of nitrogens with zero attached hydrogens (tertiary/aromatic N) is 1. The van der Waals surface area contributed by atoms with Gasteiger partial charge in [0.2, 0.25) is 0 Å². The molecule has 0 radical (unpaired) electrons. The van der Waals surface area contributed by atoms with Crippen LogP contribution in [0.25, 0.3) is 0 Å². The molecule has 86 valence electrons. The van der Waals surface area contributed by atoms with E-state index in [0.29, 0.717) is 0 Å². The highest BCUT2D eigenvalue weighted by molar-refractivity contribution is 9.09. The molecule has 0 amide bonds. The van der Waals surface area contributed by atoms with Crippen molar-refractivity contribution in [3.8, 4) is 0 Å². The Hall–Kier alpha value is 0.350. The van der Waals surface area contributed by atoms with Gasteiger partial charge in [-0.1, -0.05) is 15.9 Å². The monoisotopic (exact) mass is 286 g/mol. The SMILES string of the molecule is CC(CCBr)NS(=O)(=O)N(C)C(C)C. The zero-order chi connectivity index (χ0) is 11.4. The molecule has 6 heteroatoms. The molecule has 0 aliphatic heterocycles. The first-order chi connectivity index (χ1) is 6.31. The molecule has 0 aromatic carbocycles. The van der Waals surface area contributed by atoms with E-state index in [9.17, 15) is 8.42 Å². The maximum absolute atomic E-state index is 11.7. The van der Waals surface area contributed by atoms with Crippen LogP contribution in [0.5, 0.6) is 0 Å². The highest BCUT2D eigenvalue weighted by Crippen LogP contribution is 2.04. The van der Waals surface area contributed by atoms with Gasteiger partial charge in [-0.05, 0) is 27.2 Å². The van der Waals surface area contributed by atoms with Gasteiger partial charge < -0.3 is 0 Å². The smallest absolute Gasteiger partial charge is 0.199 e. The fourth-order valence-corrected chi connectivity index (χ4v) is 2.87. The van der Waals surface area contributed by atoms with Crippen LogP contribution < -0.4 is 4.72 Å². The van der Waals surface area contributed by atoms with Crippen LogP contribution in [0.15, 0.2) is 0 Å². The lowest BCUT2D eigenvalue weighted by Crippen LogP contribution is -2.45. The van der Waals surface area contributed by atoms with Gasteiger partial charge in [-0.25, -0.2) is 0 Å². The van der Waals surface area contributed by atoms with Gasteiger partial charge in [-0.15, -0.1) is 0 Å². The third kappa shape index (κ3) is 4.72. The van der Waals surface area contributed by atoms with Gasteiger partial charge in [0.15, 0.2) is 0 Å². The summed E-state index contributed by atoms with van der Waals surface area (Å²) in [5, 5.41) is 0.794. The molecule has 0 heterocycles. The number of nitrogens with one attached hydrogen (secondary N) is 1. The summed E-state index contributed by atoms with van der Waals surface area (Å²) in [6, 6.07) is -0.0655. The molecule has 14 heavy (non-hydrogen) atoms. The Labute approximate surface area is 95.4 Å². The lowest BCUT2D eigenvalue weighted by molar-refractivity contribution is 0.397. The Bertz CT molecular complexity index is 254. The van der Waals surface area contributed by atoms with E-state index in [1.165, 1.54) is 4.31 Å². The highest BCUT2D eigenvalue weighted by atomic mass is 79.9. The van der Waals surface area contributed by atoms with Crippen LogP contribution in [0, 0.1) is 0 Å². The van der Waals surface area contributed by atoms with E-state index >= 15 is 0 Å². The van der Waals surface area contributed by atoms with Gasteiger partial charge in [-0.3, -0.25) is 0 Å². The second-order valence-electron chi connectivity index (χ2n) is 3.61. The number of rotatable bonds is 6. The summed E-state index contributed by atoms with van der Waals surface area (Å²) in [7, 11) is -1.74. The lowest BCUT2D eigenvalue weighted by atomic mass is 10.3. The average Bonchev–Trinajstić information content (AvgIpc) is 2.02. The van der Waals surface area contributed by atoms with Gasteiger partial charge in [0.25, 0.3) is 10.2 Å². The predicted octanol–water partition coefficient (Wildman–Crippen LogP) is 1.33. The van der Waals surface area contributed by atoms with Crippen molar-refractivity contribution in [1.82, 2.24) is 9.03 Å². The molecule has 0 aromatic heterocycles. The van der Waals surface area contributed by atoms with Crippen LogP contribution in [-0.4, -0.2) is 37.2 Å². The van der Waals surface area contributed by atoms with E-state index in [1.54, 1.807) is 7.05 Å². The summed E-state index contributed by atoms with van der Waals surface area (Å²) in [6.45, 7) is 5.54. The summed E-state index contributed by atoms with van der Waals surface area (Å²) in [5.41, 5.74) is 0. The van der Waals surface area contributed by atoms with Crippen molar-refractivity contribution in [2.45, 2.75) is 39.3 Å². The predicted molar refractivity (Wildman–Crippen MR) is 62.8 cm³/mol. The fraction of sp³-hybridized carbons (Fsp3) is 1.00. The molecule has 4 nitrogen and oxygen atoms in total. The van der Waals surface area contributed by atoms with Gasteiger partial charge in [0.05, 0.1) is 0 Å². The molecule has 1 atom stereocenters. The van der Waals surface area contributed by atoms with Crippen LogP contribution in [-0.2, 0) is 10.2 Å². The molecular formula is C8H19BrN2O2S. The first-order valence-electron chi connectivity index (χ1n) is 4.62. The Morgan fingerprint density at radius 1 is 1.36 bits per heavy atom. The number of hydrogen-bond acceptors (Lipinski definition) is 2. The molecule has 0 rings (SSSR count). The van der Waals surface area contributed by atoms with Crippen molar-refractivity contribution in [3.05, 3.63) is 0 Å². The Kier molecular flexibility index (Phi) is 6.20. The van der Waals surface area contributed by atoms with Crippen LogP contribution >= 0.6 is 15.9 Å². The third-order valence-corrected chi connectivity index (χ3v) is 4.34. The van der Waals surface area contributed by atoms with Gasteiger partial charge in [-0.2, -0.15) is 17.4 Å². The topological polar surface area (TPSA) is 49.4 Å². The van der Waals surface area contributed by atoms with Crippen LogP contribution in [0.2, 0.25) is 0 Å². The molecule has 0 aliphatic rings. The van der Waals surface area contributed by atoms with Crippen molar-refractivity contribution in [3.63, 3.8) is 0 Å². The first kappa shape index (κ1) is 14.3. The molecule has 0 saturated heterocycles. The maximum Gasteiger partial charge on any atom is 0.279 e. The van der Waals surface area contributed by atoms with Crippen molar-refractivity contribution in [2.24, 2.45) is 0 Å². The minimum Gasteiger partial charge on any atom is -0.199 e. The molecule has 0 fully saturated rings. The van der Waals surface area contributed by atoms with Crippen LogP contribution in [0.4, 0.5) is 0 Å². The molecular weight excluding hydrogens is 268 g/mol. The van der Waals surface area contributed by atoms with E-state index in [4.69, 9.17) is 0 Å². The number of halogens is 1. The largest absolute Gasteiger partial charge is 0.279 e. The van der Waals surface area contributed by atoms with E-state index in [-0.39, 0.29) is 12.1 Å². The van der Waals surface area contributed by atoms with E-state index in [2.05, 4.69) is 20.7 Å². The number of hydrogen-bond donors (Lipinski definition) is 1. The van der Waals surface area contributed by atoms with Crippen LogP contribution in [0.3, 0.4) is 0 Å². The lowest BCUT2D eigenvalue weighted by Gasteiger charge is -2.23. The second-order valence-corrected chi connectivity index (χ2v) is 6.17. The van der Waals surface area contributed by atoms with Crippen molar-refractivity contribution in [2.75, 3.05) is 12.4 Å². The van der Waals surface area contributed by atoms with E-state index in [1.807, 2.05) is 20.8 Å². The molecule has 1 unspecified atom stereocenters. The van der Waals surface area contributed by atoms with E-state index in [0.717, 1.165) is 11.8 Å². The Balaban J connectivity index is 4.34. The van der Waals surface area contributed by atoms with Crippen molar-refractivity contribution >= 4 is 26.1 Å². The number of alkyl halides is 1. The molecule has 1 N–H and O–H groups in total. The van der Waals surface area contributed by atoms with Crippen LogP contribution in [0.1, 0.15) is 27.2 Å². The highest BCUT2D eigenvalue weighted by Gasteiger charge is 2.21. The molecule has 0 aromatic rings. The third-order valence-electron chi connectivity index (χ3n) is 2.00. The minimum atomic E-state index is -3.32. The molecule has 0 spiro atoms. The molecule has 0 bridgehead atoms. The second kappa shape index (κ2) is 6.05. The summed E-state index contributed by atoms with van der Waals surface area (Å²) >= 11 is 3.28. The zero-order valence-corrected chi connectivity index (χ0v) is 11.5. The normalized spacial score (nSPS) is 15.1.